The molecule has 3 rings (SSSR count). The number of hydrogen-bond donors (Lipinski definition) is 0. The van der Waals surface area contributed by atoms with Crippen molar-refractivity contribution < 1.29 is 4.74 Å². The van der Waals surface area contributed by atoms with Gasteiger partial charge in [0, 0.05) is 51.5 Å². The molecule has 0 aliphatic heterocycles. The summed E-state index contributed by atoms with van der Waals surface area (Å²) in [7, 11) is 5.87. The third-order valence-corrected chi connectivity index (χ3v) is 4.04. The molecule has 25 heavy (non-hydrogen) atoms. The minimum absolute atomic E-state index is 0.650. The Kier molecular flexibility index (Phi) is 5.63. The molecule has 2 aromatic heterocycles. The molecular weight excluding hydrogens is 314 g/mol. The van der Waals surface area contributed by atoms with Gasteiger partial charge >= 0.3 is 0 Å². The first-order chi connectivity index (χ1) is 12.2. The Morgan fingerprint density at radius 1 is 0.920 bits per heavy atom. The molecular formula is C19H25N5O. The predicted molar refractivity (Wildman–Crippen MR) is 98.3 cm³/mol. The van der Waals surface area contributed by atoms with Crippen molar-refractivity contribution in [2.75, 3.05) is 27.8 Å². The van der Waals surface area contributed by atoms with E-state index in [1.165, 1.54) is 11.1 Å². The molecule has 2 heterocycles. The van der Waals surface area contributed by atoms with Crippen LogP contribution in [0, 0.1) is 0 Å². The molecule has 6 nitrogen and oxygen atoms in total. The third-order valence-electron chi connectivity index (χ3n) is 4.04. The summed E-state index contributed by atoms with van der Waals surface area (Å²) >= 11 is 0. The van der Waals surface area contributed by atoms with Crippen LogP contribution in [0.1, 0.15) is 11.1 Å². The van der Waals surface area contributed by atoms with Gasteiger partial charge in [-0.15, -0.1) is 0 Å². The van der Waals surface area contributed by atoms with Crippen LogP contribution in [0.4, 0.5) is 0 Å². The molecule has 1 aromatic carbocycles. The van der Waals surface area contributed by atoms with Gasteiger partial charge in [-0.25, -0.2) is 9.97 Å². The average Bonchev–Trinajstić information content (AvgIpc) is 3.23. The second kappa shape index (κ2) is 8.09. The Morgan fingerprint density at radius 3 is 2.16 bits per heavy atom. The zero-order valence-electron chi connectivity index (χ0n) is 15.1. The van der Waals surface area contributed by atoms with Crippen LogP contribution in [0.25, 0.3) is 11.6 Å². The summed E-state index contributed by atoms with van der Waals surface area (Å²) in [5, 5.41) is 0. The lowest BCUT2D eigenvalue weighted by Gasteiger charge is -2.12. The number of imidazole rings is 2. The van der Waals surface area contributed by atoms with Crippen molar-refractivity contribution >= 4 is 0 Å². The molecule has 0 unspecified atom stereocenters. The molecule has 0 amide bonds. The van der Waals surface area contributed by atoms with Crippen molar-refractivity contribution in [3.63, 3.8) is 0 Å². The molecule has 132 valence electrons. The highest BCUT2D eigenvalue weighted by molar-refractivity contribution is 5.45. The second-order valence-corrected chi connectivity index (χ2v) is 6.37. The van der Waals surface area contributed by atoms with Crippen molar-refractivity contribution in [3.8, 4) is 11.6 Å². The minimum atomic E-state index is 0.650. The Bertz CT molecular complexity index is 788. The van der Waals surface area contributed by atoms with Gasteiger partial charge in [0.2, 0.25) is 0 Å². The van der Waals surface area contributed by atoms with E-state index in [-0.39, 0.29) is 0 Å². The summed E-state index contributed by atoms with van der Waals surface area (Å²) < 4.78 is 9.38. The van der Waals surface area contributed by atoms with Crippen LogP contribution in [-0.2, 0) is 24.4 Å². The van der Waals surface area contributed by atoms with Crippen molar-refractivity contribution in [1.82, 2.24) is 24.0 Å². The zero-order valence-corrected chi connectivity index (χ0v) is 15.1. The zero-order chi connectivity index (χ0) is 17.6. The summed E-state index contributed by atoms with van der Waals surface area (Å²) in [6, 6.07) is 8.73. The van der Waals surface area contributed by atoms with Crippen LogP contribution in [0.15, 0.2) is 49.1 Å². The summed E-state index contributed by atoms with van der Waals surface area (Å²) in [4.78, 5) is 11.2. The first-order valence-corrected chi connectivity index (χ1v) is 8.41. The van der Waals surface area contributed by atoms with Crippen LogP contribution < -0.4 is 0 Å². The Balaban J connectivity index is 1.77. The highest BCUT2D eigenvalue weighted by Crippen LogP contribution is 2.17. The molecule has 0 saturated heterocycles. The van der Waals surface area contributed by atoms with Crippen molar-refractivity contribution in [2.24, 2.45) is 0 Å². The van der Waals surface area contributed by atoms with Crippen molar-refractivity contribution in [2.45, 2.75) is 19.6 Å². The van der Waals surface area contributed by atoms with Gasteiger partial charge < -0.3 is 18.8 Å². The fourth-order valence-corrected chi connectivity index (χ4v) is 2.84. The van der Waals surface area contributed by atoms with Gasteiger partial charge in [0.05, 0.1) is 6.61 Å². The second-order valence-electron chi connectivity index (χ2n) is 6.37. The maximum atomic E-state index is 5.17. The van der Waals surface area contributed by atoms with E-state index in [1.807, 2.05) is 18.6 Å². The van der Waals surface area contributed by atoms with Gasteiger partial charge in [-0.1, -0.05) is 24.3 Å². The average molecular weight is 339 g/mol. The number of nitrogens with zero attached hydrogens (tertiary/aromatic N) is 5. The van der Waals surface area contributed by atoms with Crippen LogP contribution in [0.3, 0.4) is 0 Å². The van der Waals surface area contributed by atoms with E-state index in [9.17, 15) is 0 Å². The largest absolute Gasteiger partial charge is 0.383 e. The number of methoxy groups -OCH3 is 1. The van der Waals surface area contributed by atoms with Crippen molar-refractivity contribution in [3.05, 3.63) is 60.2 Å². The molecule has 0 bridgehead atoms. The van der Waals surface area contributed by atoms with Gasteiger partial charge in [-0.2, -0.15) is 0 Å². The molecule has 0 fully saturated rings. The van der Waals surface area contributed by atoms with Gasteiger partial charge in [0.1, 0.15) is 0 Å². The summed E-state index contributed by atoms with van der Waals surface area (Å²) in [5.74, 6) is 1.74. The number of aromatic nitrogens is 4. The summed E-state index contributed by atoms with van der Waals surface area (Å²) in [5.41, 5.74) is 2.56. The molecule has 0 spiro atoms. The highest BCUT2D eigenvalue weighted by atomic mass is 16.5. The standard InChI is InChI=1S/C19H25N5O/c1-22(2)14-16-4-6-17(7-5-16)15-24-11-9-21-19(24)18-20-8-10-23(18)12-13-25-3/h4-11H,12-15H2,1-3H3. The molecule has 0 saturated carbocycles. The van der Waals surface area contributed by atoms with E-state index in [2.05, 4.69) is 62.4 Å². The number of hydrogen-bond acceptors (Lipinski definition) is 4. The lowest BCUT2D eigenvalue weighted by Crippen LogP contribution is -2.11. The van der Waals surface area contributed by atoms with Gasteiger partial charge in [0.15, 0.2) is 11.6 Å². The Labute approximate surface area is 148 Å². The Morgan fingerprint density at radius 2 is 1.52 bits per heavy atom. The molecule has 6 heteroatoms. The van der Waals surface area contributed by atoms with Gasteiger partial charge in [0.25, 0.3) is 0 Å². The number of ether oxygens (including phenoxy) is 1. The first-order valence-electron chi connectivity index (χ1n) is 8.41. The van der Waals surface area contributed by atoms with E-state index in [1.54, 1.807) is 13.3 Å². The van der Waals surface area contributed by atoms with Crippen LogP contribution in [-0.4, -0.2) is 51.8 Å². The predicted octanol–water partition coefficient (Wildman–Crippen LogP) is 2.50. The van der Waals surface area contributed by atoms with E-state index >= 15 is 0 Å². The SMILES string of the molecule is COCCn1ccnc1-c1nccn1Cc1ccc(CN(C)C)cc1. The first kappa shape index (κ1) is 17.4. The summed E-state index contributed by atoms with van der Waals surface area (Å²) in [6.45, 7) is 3.14. The lowest BCUT2D eigenvalue weighted by atomic mass is 10.1. The maximum Gasteiger partial charge on any atom is 0.176 e. The van der Waals surface area contributed by atoms with E-state index in [0.717, 1.165) is 31.3 Å². The maximum absolute atomic E-state index is 5.17. The molecule has 0 atom stereocenters. The monoisotopic (exact) mass is 339 g/mol. The van der Waals surface area contributed by atoms with Crippen molar-refractivity contribution in [1.29, 1.82) is 0 Å². The van der Waals surface area contributed by atoms with Gasteiger partial charge in [-0.05, 0) is 25.2 Å². The van der Waals surface area contributed by atoms with E-state index in [0.29, 0.717) is 6.61 Å². The fraction of sp³-hybridized carbons (Fsp3) is 0.368. The third kappa shape index (κ3) is 4.35. The molecule has 0 aliphatic carbocycles. The highest BCUT2D eigenvalue weighted by Gasteiger charge is 2.12. The quantitative estimate of drug-likeness (QED) is 0.633. The normalized spacial score (nSPS) is 11.4. The Hall–Kier alpha value is -2.44. The van der Waals surface area contributed by atoms with Gasteiger partial charge in [-0.3, -0.25) is 0 Å². The number of rotatable bonds is 8. The minimum Gasteiger partial charge on any atom is -0.383 e. The smallest absolute Gasteiger partial charge is 0.176 e. The molecule has 3 aromatic rings. The van der Waals surface area contributed by atoms with Crippen LogP contribution in [0.5, 0.6) is 0 Å². The van der Waals surface area contributed by atoms with Crippen LogP contribution in [0.2, 0.25) is 0 Å². The van der Waals surface area contributed by atoms with Crippen LogP contribution >= 0.6 is 0 Å². The van der Waals surface area contributed by atoms with E-state index < -0.39 is 0 Å². The topological polar surface area (TPSA) is 48.1 Å². The molecule has 0 aliphatic rings. The molecule has 0 N–H and O–H groups in total. The molecule has 0 radical (unpaired) electrons. The summed E-state index contributed by atoms with van der Waals surface area (Å²) in [6.07, 6.45) is 7.59. The lowest BCUT2D eigenvalue weighted by molar-refractivity contribution is 0.187. The fourth-order valence-electron chi connectivity index (χ4n) is 2.84. The number of benzene rings is 1. The van der Waals surface area contributed by atoms with E-state index in [4.69, 9.17) is 4.74 Å².